The summed E-state index contributed by atoms with van der Waals surface area (Å²) in [5, 5.41) is 23.1. The molecule has 1 aliphatic rings. The number of amides is 1. The number of nitriles is 1. The Labute approximate surface area is 178 Å². The van der Waals surface area contributed by atoms with Crippen molar-refractivity contribution in [3.8, 4) is 11.9 Å². The van der Waals surface area contributed by atoms with Gasteiger partial charge in [-0.1, -0.05) is 6.58 Å². The number of rotatable bonds is 8. The number of allylic oxidation sites excluding steroid dienone is 1. The Kier molecular flexibility index (Phi) is 6.81. The second kappa shape index (κ2) is 9.71. The predicted octanol–water partition coefficient (Wildman–Crippen LogP) is 1.85. The minimum Gasteiger partial charge on any atom is -0.469 e. The number of halogens is 1. The fraction of sp³-hybridized carbons (Fsp3) is 0.350. The van der Waals surface area contributed by atoms with Crippen molar-refractivity contribution in [2.24, 2.45) is 0 Å². The lowest BCUT2D eigenvalue weighted by Crippen LogP contribution is -2.49. The number of ether oxygens (including phenoxy) is 1. The van der Waals surface area contributed by atoms with E-state index in [1.165, 1.54) is 17.2 Å². The van der Waals surface area contributed by atoms with Crippen LogP contribution < -0.4 is 15.4 Å². The van der Waals surface area contributed by atoms with Gasteiger partial charge in [0.25, 0.3) is 0 Å². The highest BCUT2D eigenvalue weighted by molar-refractivity contribution is 5.89. The monoisotopic (exact) mass is 426 g/mol. The molecule has 4 N–H and O–H groups in total. The summed E-state index contributed by atoms with van der Waals surface area (Å²) in [6.07, 6.45) is 3.15. The lowest BCUT2D eigenvalue weighted by molar-refractivity contribution is -0.130. The zero-order valence-corrected chi connectivity index (χ0v) is 17.0. The highest BCUT2D eigenvalue weighted by Crippen LogP contribution is 2.30. The van der Waals surface area contributed by atoms with Gasteiger partial charge in [-0.2, -0.15) is 15.2 Å². The number of piperidine rings is 1. The number of H-pyrrole nitrogens is 1. The van der Waals surface area contributed by atoms with Crippen molar-refractivity contribution in [2.75, 3.05) is 25.0 Å². The molecule has 1 fully saturated rings. The number of fused-ring (bicyclic) bond motifs is 1. The van der Waals surface area contributed by atoms with E-state index < -0.39 is 12.3 Å². The molecule has 31 heavy (non-hydrogen) atoms. The van der Waals surface area contributed by atoms with Crippen molar-refractivity contribution in [3.05, 3.63) is 36.3 Å². The van der Waals surface area contributed by atoms with Crippen LogP contribution in [0.4, 0.5) is 10.3 Å². The Morgan fingerprint density at radius 1 is 1.58 bits per heavy atom. The molecule has 2 aromatic heterocycles. The van der Waals surface area contributed by atoms with Crippen molar-refractivity contribution in [1.29, 1.82) is 10.7 Å². The van der Waals surface area contributed by atoms with Gasteiger partial charge in [0, 0.05) is 31.7 Å². The van der Waals surface area contributed by atoms with E-state index >= 15 is 0 Å². The van der Waals surface area contributed by atoms with Gasteiger partial charge >= 0.3 is 0 Å². The Morgan fingerprint density at radius 2 is 2.39 bits per heavy atom. The Balaban J connectivity index is 1.96. The third-order valence-corrected chi connectivity index (χ3v) is 4.72. The van der Waals surface area contributed by atoms with E-state index in [1.807, 2.05) is 13.0 Å². The quantitative estimate of drug-likeness (QED) is 0.373. The molecule has 3 rings (SSSR count). The highest BCUT2D eigenvalue weighted by Gasteiger charge is 2.33. The number of carbonyl (C=O) groups excluding carboxylic acids is 1. The van der Waals surface area contributed by atoms with Gasteiger partial charge in [0.2, 0.25) is 17.7 Å². The van der Waals surface area contributed by atoms with E-state index in [9.17, 15) is 14.4 Å². The molecule has 0 bridgehead atoms. The molecule has 0 spiro atoms. The molecule has 2 aromatic rings. The molecule has 162 valence electrons. The van der Waals surface area contributed by atoms with Crippen LogP contribution in [-0.2, 0) is 4.79 Å². The fourth-order valence-electron chi connectivity index (χ4n) is 3.16. The molecular formula is C20H23FN8O2. The third-order valence-electron chi connectivity index (χ3n) is 4.72. The van der Waals surface area contributed by atoms with E-state index in [0.717, 1.165) is 6.21 Å². The highest BCUT2D eigenvalue weighted by atomic mass is 19.1. The van der Waals surface area contributed by atoms with Gasteiger partial charge in [0.05, 0.1) is 23.2 Å². The van der Waals surface area contributed by atoms with Crippen LogP contribution in [0, 0.1) is 16.7 Å². The second-order valence-electron chi connectivity index (χ2n) is 6.77. The largest absolute Gasteiger partial charge is 0.469 e. The van der Waals surface area contributed by atoms with Gasteiger partial charge < -0.3 is 30.7 Å². The predicted molar refractivity (Wildman–Crippen MR) is 113 cm³/mol. The van der Waals surface area contributed by atoms with Crippen LogP contribution in [0.1, 0.15) is 18.9 Å². The lowest BCUT2D eigenvalue weighted by Gasteiger charge is -2.34. The molecule has 10 nitrogen and oxygen atoms in total. The standard InChI is InChI=1S/C20H23FN8O2/c1-3-16(30)29-6-5-14(21)15(11-29)31-19-17-12(7-22)9-25-18(17)27-20(28-19)26-13(8-23)10-24-4-2/h3,8-10,14-15,23-24H,1,4-6,11H2,2H3,(H2,25,26,27,28)/b13-10+,23-8?/t14-,15-/m1/s1. The smallest absolute Gasteiger partial charge is 0.246 e. The first-order valence-electron chi connectivity index (χ1n) is 9.73. The number of aromatic nitrogens is 3. The van der Waals surface area contributed by atoms with Gasteiger partial charge in [-0.15, -0.1) is 0 Å². The first-order valence-corrected chi connectivity index (χ1v) is 9.73. The van der Waals surface area contributed by atoms with Crippen molar-refractivity contribution < 1.29 is 13.9 Å². The Bertz CT molecular complexity index is 1060. The second-order valence-corrected chi connectivity index (χ2v) is 6.77. The van der Waals surface area contributed by atoms with Crippen molar-refractivity contribution >= 4 is 29.1 Å². The van der Waals surface area contributed by atoms with Crippen LogP contribution in [0.3, 0.4) is 0 Å². The van der Waals surface area contributed by atoms with E-state index in [4.69, 9.17) is 10.1 Å². The number of anilines is 1. The summed E-state index contributed by atoms with van der Waals surface area (Å²) >= 11 is 0. The zero-order valence-electron chi connectivity index (χ0n) is 17.0. The number of nitrogens with zero attached hydrogens (tertiary/aromatic N) is 4. The average Bonchev–Trinajstić information content (AvgIpc) is 3.20. The molecular weight excluding hydrogens is 403 g/mol. The normalized spacial score (nSPS) is 18.9. The van der Waals surface area contributed by atoms with Crippen molar-refractivity contribution in [1.82, 2.24) is 25.2 Å². The maximum atomic E-state index is 14.6. The number of nitrogens with one attached hydrogen (secondary N) is 4. The topological polar surface area (TPSA) is 143 Å². The maximum absolute atomic E-state index is 14.6. The fourth-order valence-corrected chi connectivity index (χ4v) is 3.16. The minimum absolute atomic E-state index is 0.0126. The SMILES string of the molecule is C=CC(=O)N1CC[C@@H](F)[C@H](Oc2nc(N/C(C=N)=C/NCC)nc3[nH]cc(C#N)c23)C1. The maximum Gasteiger partial charge on any atom is 0.246 e. The molecule has 1 saturated heterocycles. The van der Waals surface area contributed by atoms with Crippen molar-refractivity contribution in [3.63, 3.8) is 0 Å². The zero-order chi connectivity index (χ0) is 22.4. The summed E-state index contributed by atoms with van der Waals surface area (Å²) < 4.78 is 20.5. The number of hydrogen-bond acceptors (Lipinski definition) is 8. The van der Waals surface area contributed by atoms with Crippen LogP contribution >= 0.6 is 0 Å². The summed E-state index contributed by atoms with van der Waals surface area (Å²) in [4.78, 5) is 24.9. The van der Waals surface area contributed by atoms with Gasteiger partial charge in [0.15, 0.2) is 0 Å². The Hall–Kier alpha value is -3.94. The van der Waals surface area contributed by atoms with Crippen LogP contribution in [0.2, 0.25) is 0 Å². The molecule has 0 unspecified atom stereocenters. The van der Waals surface area contributed by atoms with Crippen molar-refractivity contribution in [2.45, 2.75) is 25.6 Å². The molecule has 1 aliphatic heterocycles. The molecule has 0 aliphatic carbocycles. The number of alkyl halides is 1. The molecule has 0 aromatic carbocycles. The number of hydrogen-bond donors (Lipinski definition) is 4. The first kappa shape index (κ1) is 21.8. The summed E-state index contributed by atoms with van der Waals surface area (Å²) in [7, 11) is 0. The number of likely N-dealkylation sites (tertiary alicyclic amines) is 1. The van der Waals surface area contributed by atoms with E-state index in [2.05, 4.69) is 32.2 Å². The summed E-state index contributed by atoms with van der Waals surface area (Å²) in [6, 6.07) is 2.03. The lowest BCUT2D eigenvalue weighted by atomic mass is 10.1. The molecule has 1 amide bonds. The molecule has 3 heterocycles. The minimum atomic E-state index is -1.31. The van der Waals surface area contributed by atoms with E-state index in [-0.39, 0.29) is 42.8 Å². The molecule has 11 heteroatoms. The first-order chi connectivity index (χ1) is 15.0. The third kappa shape index (κ3) is 4.80. The summed E-state index contributed by atoms with van der Waals surface area (Å²) in [5.74, 6) is -0.190. The number of aromatic amines is 1. The van der Waals surface area contributed by atoms with Gasteiger partial charge in [-0.3, -0.25) is 4.79 Å². The molecule has 0 radical (unpaired) electrons. The number of carbonyl (C=O) groups is 1. The molecule has 0 saturated carbocycles. The summed E-state index contributed by atoms with van der Waals surface area (Å²) in [5.41, 5.74) is 0.960. The van der Waals surface area contributed by atoms with Gasteiger partial charge in [-0.25, -0.2) is 4.39 Å². The van der Waals surface area contributed by atoms with Gasteiger partial charge in [0.1, 0.15) is 24.0 Å². The average molecular weight is 426 g/mol. The van der Waals surface area contributed by atoms with Crippen LogP contribution in [0.15, 0.2) is 30.7 Å². The molecule has 2 atom stereocenters. The van der Waals surface area contributed by atoms with Gasteiger partial charge in [-0.05, 0) is 19.4 Å². The van der Waals surface area contributed by atoms with Crippen LogP contribution in [0.25, 0.3) is 11.0 Å². The summed E-state index contributed by atoms with van der Waals surface area (Å²) in [6.45, 7) is 6.33. The van der Waals surface area contributed by atoms with Crippen LogP contribution in [0.5, 0.6) is 5.88 Å². The van der Waals surface area contributed by atoms with E-state index in [0.29, 0.717) is 23.3 Å². The van der Waals surface area contributed by atoms with Crippen LogP contribution in [-0.4, -0.2) is 63.9 Å². The Morgan fingerprint density at radius 3 is 3.06 bits per heavy atom. The van der Waals surface area contributed by atoms with E-state index in [1.54, 1.807) is 6.20 Å².